The van der Waals surface area contributed by atoms with E-state index < -0.39 is 11.4 Å². The smallest absolute Gasteiger partial charge is 0.310 e. The van der Waals surface area contributed by atoms with E-state index >= 15 is 0 Å². The number of carbonyl (C=O) groups is 1. The van der Waals surface area contributed by atoms with Crippen molar-refractivity contribution in [3.63, 3.8) is 0 Å². The van der Waals surface area contributed by atoms with Crippen LogP contribution in [0.3, 0.4) is 0 Å². The summed E-state index contributed by atoms with van der Waals surface area (Å²) in [7, 11) is 0. The molecule has 2 nitrogen and oxygen atoms in total. The molecular weight excluding hydrogens is 231 g/mol. The van der Waals surface area contributed by atoms with Crippen molar-refractivity contribution in [2.24, 2.45) is 5.92 Å². The van der Waals surface area contributed by atoms with E-state index in [4.69, 9.17) is 4.74 Å². The maximum absolute atomic E-state index is 13.4. The lowest BCUT2D eigenvalue weighted by Gasteiger charge is -2.21. The Hall–Kier alpha value is -1.12. The van der Waals surface area contributed by atoms with Crippen LogP contribution >= 0.6 is 0 Å². The maximum atomic E-state index is 13.4. The minimum Gasteiger partial charge on any atom is -0.460 e. The Bertz CT molecular complexity index is 346. The molecule has 0 saturated heterocycles. The second-order valence-corrected chi connectivity index (χ2v) is 5.69. The van der Waals surface area contributed by atoms with Crippen LogP contribution < -0.4 is 0 Å². The summed E-state index contributed by atoms with van der Waals surface area (Å²) < 4.78 is 18.7. The zero-order valence-electron chi connectivity index (χ0n) is 12.4. The lowest BCUT2D eigenvalue weighted by Crippen LogP contribution is -2.24. The van der Waals surface area contributed by atoms with Gasteiger partial charge in [-0.15, -0.1) is 0 Å². The third kappa shape index (κ3) is 5.99. The molecule has 0 spiro atoms. The Balaban J connectivity index is 5.04. The Morgan fingerprint density at radius 3 is 2.11 bits per heavy atom. The molecule has 3 heteroatoms. The molecule has 0 aromatic heterocycles. The first kappa shape index (κ1) is 16.9. The quantitative estimate of drug-likeness (QED) is 0.532. The number of hydrogen-bond acceptors (Lipinski definition) is 2. The van der Waals surface area contributed by atoms with Crippen LogP contribution in [0.5, 0.6) is 0 Å². The summed E-state index contributed by atoms with van der Waals surface area (Å²) in [5.41, 5.74) is 0.802. The fourth-order valence-corrected chi connectivity index (χ4v) is 1.88. The second kappa shape index (κ2) is 6.72. The topological polar surface area (TPSA) is 26.3 Å². The molecule has 104 valence electrons. The van der Waals surface area contributed by atoms with E-state index in [0.29, 0.717) is 12.0 Å². The summed E-state index contributed by atoms with van der Waals surface area (Å²) in [6.07, 6.45) is 0.750. The normalized spacial score (nSPS) is 13.3. The Labute approximate surface area is 110 Å². The standard InChI is InChI=1S/C15H25FO2/c1-8-12(14(10(2)3)11(4)16)9-13(17)18-15(5,6)7/h10H,4,8-9H2,1-3,5-7H3/b14-12+. The third-order valence-corrected chi connectivity index (χ3v) is 2.46. The summed E-state index contributed by atoms with van der Waals surface area (Å²) in [6, 6.07) is 0. The van der Waals surface area contributed by atoms with Gasteiger partial charge in [-0.1, -0.05) is 32.9 Å². The molecule has 0 heterocycles. The fraction of sp³-hybridized carbons (Fsp3) is 0.667. The van der Waals surface area contributed by atoms with Gasteiger partial charge in [0.25, 0.3) is 0 Å². The van der Waals surface area contributed by atoms with E-state index in [2.05, 4.69) is 6.58 Å². The fourth-order valence-electron chi connectivity index (χ4n) is 1.88. The number of rotatable bonds is 5. The van der Waals surface area contributed by atoms with Crippen LogP contribution in [0.4, 0.5) is 4.39 Å². The highest BCUT2D eigenvalue weighted by molar-refractivity contribution is 5.73. The van der Waals surface area contributed by atoms with Crippen LogP contribution in [-0.4, -0.2) is 11.6 Å². The van der Waals surface area contributed by atoms with Crippen LogP contribution in [0.15, 0.2) is 23.6 Å². The summed E-state index contributed by atoms with van der Waals surface area (Å²) in [5.74, 6) is -0.760. The first-order valence-electron chi connectivity index (χ1n) is 6.37. The van der Waals surface area contributed by atoms with Crippen LogP contribution in [0, 0.1) is 5.92 Å². The van der Waals surface area contributed by atoms with E-state index in [-0.39, 0.29) is 18.3 Å². The van der Waals surface area contributed by atoms with Gasteiger partial charge in [0.05, 0.1) is 6.42 Å². The predicted octanol–water partition coefficient (Wildman–Crippen LogP) is 4.56. The zero-order valence-corrected chi connectivity index (χ0v) is 12.4. The van der Waals surface area contributed by atoms with E-state index in [9.17, 15) is 9.18 Å². The van der Waals surface area contributed by atoms with Gasteiger partial charge in [0, 0.05) is 0 Å². The van der Waals surface area contributed by atoms with E-state index in [1.807, 2.05) is 41.5 Å². The number of carbonyl (C=O) groups excluding carboxylic acids is 1. The average Bonchev–Trinajstić information content (AvgIpc) is 2.11. The van der Waals surface area contributed by atoms with Crippen molar-refractivity contribution < 1.29 is 13.9 Å². The van der Waals surface area contributed by atoms with Gasteiger partial charge >= 0.3 is 5.97 Å². The number of halogens is 1. The molecule has 0 aliphatic heterocycles. The van der Waals surface area contributed by atoms with Crippen LogP contribution in [0.2, 0.25) is 0 Å². The number of hydrogen-bond donors (Lipinski definition) is 0. The minimum absolute atomic E-state index is 0.0138. The molecular formula is C15H25FO2. The molecule has 0 unspecified atom stereocenters. The van der Waals surface area contributed by atoms with Crippen molar-refractivity contribution in [2.45, 2.75) is 60.0 Å². The van der Waals surface area contributed by atoms with Crippen molar-refractivity contribution >= 4 is 5.97 Å². The molecule has 0 amide bonds. The number of allylic oxidation sites excluding steroid dienone is 2. The largest absolute Gasteiger partial charge is 0.460 e. The molecule has 0 aliphatic rings. The Morgan fingerprint density at radius 2 is 1.83 bits per heavy atom. The first-order valence-corrected chi connectivity index (χ1v) is 6.37. The maximum Gasteiger partial charge on any atom is 0.310 e. The average molecular weight is 256 g/mol. The Kier molecular flexibility index (Phi) is 6.30. The lowest BCUT2D eigenvalue weighted by molar-refractivity contribution is -0.153. The lowest BCUT2D eigenvalue weighted by atomic mass is 9.93. The van der Waals surface area contributed by atoms with Crippen molar-refractivity contribution in [3.8, 4) is 0 Å². The van der Waals surface area contributed by atoms with Gasteiger partial charge in [-0.2, -0.15) is 0 Å². The summed E-state index contributed by atoms with van der Waals surface area (Å²) in [6.45, 7) is 14.5. The molecule has 0 N–H and O–H groups in total. The molecule has 0 aromatic carbocycles. The second-order valence-electron chi connectivity index (χ2n) is 5.69. The molecule has 0 fully saturated rings. The first-order chi connectivity index (χ1) is 8.08. The van der Waals surface area contributed by atoms with Gasteiger partial charge in [0.1, 0.15) is 11.4 Å². The van der Waals surface area contributed by atoms with Gasteiger partial charge in [-0.05, 0) is 38.7 Å². The van der Waals surface area contributed by atoms with Gasteiger partial charge < -0.3 is 4.74 Å². The molecule has 0 radical (unpaired) electrons. The van der Waals surface area contributed by atoms with Crippen LogP contribution in [0.1, 0.15) is 54.4 Å². The molecule has 0 bridgehead atoms. The van der Waals surface area contributed by atoms with Gasteiger partial charge in [-0.3, -0.25) is 4.79 Å². The summed E-state index contributed by atoms with van der Waals surface area (Å²) >= 11 is 0. The van der Waals surface area contributed by atoms with Crippen molar-refractivity contribution in [1.82, 2.24) is 0 Å². The van der Waals surface area contributed by atoms with E-state index in [0.717, 1.165) is 5.57 Å². The van der Waals surface area contributed by atoms with Crippen molar-refractivity contribution in [2.75, 3.05) is 0 Å². The van der Waals surface area contributed by atoms with Crippen molar-refractivity contribution in [3.05, 3.63) is 23.6 Å². The number of esters is 1. The Morgan fingerprint density at radius 1 is 1.33 bits per heavy atom. The van der Waals surface area contributed by atoms with Crippen LogP contribution in [-0.2, 0) is 9.53 Å². The van der Waals surface area contributed by atoms with E-state index in [1.54, 1.807) is 0 Å². The summed E-state index contributed by atoms with van der Waals surface area (Å²) in [5, 5.41) is 0. The highest BCUT2D eigenvalue weighted by Crippen LogP contribution is 2.27. The predicted molar refractivity (Wildman–Crippen MR) is 72.9 cm³/mol. The molecule has 18 heavy (non-hydrogen) atoms. The van der Waals surface area contributed by atoms with Crippen LogP contribution in [0.25, 0.3) is 0 Å². The van der Waals surface area contributed by atoms with Gasteiger partial charge in [-0.25, -0.2) is 4.39 Å². The van der Waals surface area contributed by atoms with E-state index in [1.165, 1.54) is 0 Å². The van der Waals surface area contributed by atoms with Gasteiger partial charge in [0.15, 0.2) is 0 Å². The zero-order chi connectivity index (χ0) is 14.5. The molecule has 0 saturated carbocycles. The molecule has 0 aromatic rings. The van der Waals surface area contributed by atoms with Crippen molar-refractivity contribution in [1.29, 1.82) is 0 Å². The molecule has 0 aliphatic carbocycles. The summed E-state index contributed by atoms with van der Waals surface area (Å²) in [4.78, 5) is 11.8. The highest BCUT2D eigenvalue weighted by atomic mass is 19.1. The monoisotopic (exact) mass is 256 g/mol. The SMILES string of the molecule is C=C(F)/C(=C(\CC)CC(=O)OC(C)(C)C)C(C)C. The highest BCUT2D eigenvalue weighted by Gasteiger charge is 2.20. The molecule has 0 atom stereocenters. The minimum atomic E-state index is -0.513. The third-order valence-electron chi connectivity index (χ3n) is 2.46. The number of ether oxygens (including phenoxy) is 1. The molecule has 0 rings (SSSR count). The van der Waals surface area contributed by atoms with Gasteiger partial charge in [0.2, 0.25) is 0 Å².